The van der Waals surface area contributed by atoms with E-state index in [0.717, 1.165) is 22.0 Å². The van der Waals surface area contributed by atoms with E-state index in [1.165, 1.54) is 6.20 Å². The Hall–Kier alpha value is -4.42. The minimum atomic E-state index is -0.416. The van der Waals surface area contributed by atoms with Gasteiger partial charge in [0, 0.05) is 35.1 Å². The Morgan fingerprint density at radius 1 is 1.18 bits per heavy atom. The van der Waals surface area contributed by atoms with Gasteiger partial charge in [-0.15, -0.1) is 0 Å². The molecule has 4 heterocycles. The van der Waals surface area contributed by atoms with E-state index in [0.29, 0.717) is 41.7 Å². The van der Waals surface area contributed by atoms with Crippen LogP contribution in [0, 0.1) is 11.3 Å². The molecule has 4 aromatic rings. The fourth-order valence-electron chi connectivity index (χ4n) is 4.08. The molecule has 0 radical (unpaired) electrons. The number of nitriles is 1. The molecule has 9 nitrogen and oxygen atoms in total. The van der Waals surface area contributed by atoms with Gasteiger partial charge in [-0.25, -0.2) is 15.0 Å². The lowest BCUT2D eigenvalue weighted by atomic mass is 10.0. The van der Waals surface area contributed by atoms with E-state index >= 15 is 0 Å². The Balaban J connectivity index is 1.55. The largest absolute Gasteiger partial charge is 0.383 e. The van der Waals surface area contributed by atoms with E-state index in [1.54, 1.807) is 47.6 Å². The molecule has 0 bridgehead atoms. The fraction of sp³-hybridized carbons (Fsp3) is 0.200. The molecule has 0 aliphatic carbocycles. The molecule has 0 saturated carbocycles. The fourth-order valence-corrected chi connectivity index (χ4v) is 4.08. The molecule has 1 aromatic carbocycles. The number of nitrogen functional groups attached to an aromatic ring is 1. The van der Waals surface area contributed by atoms with Crippen LogP contribution in [0.3, 0.4) is 0 Å². The number of fused-ring (bicyclic) bond motifs is 3. The first-order valence-electron chi connectivity index (χ1n) is 10.8. The van der Waals surface area contributed by atoms with Crippen LogP contribution in [-0.4, -0.2) is 30.7 Å². The van der Waals surface area contributed by atoms with Crippen LogP contribution in [0.5, 0.6) is 0 Å². The summed E-state index contributed by atoms with van der Waals surface area (Å²) < 4.78 is 5.58. The highest BCUT2D eigenvalue weighted by atomic mass is 16.5. The number of nitrogens with two attached hydrogens (primary N) is 1. The third-order valence-corrected chi connectivity index (χ3v) is 5.95. The van der Waals surface area contributed by atoms with Crippen molar-refractivity contribution in [1.29, 1.82) is 5.26 Å². The van der Waals surface area contributed by atoms with Crippen LogP contribution >= 0.6 is 0 Å². The molecule has 1 aliphatic rings. The zero-order valence-corrected chi connectivity index (χ0v) is 18.5. The number of benzene rings is 1. The molecular formula is C25H21N7O2. The van der Waals surface area contributed by atoms with Gasteiger partial charge in [-0.05, 0) is 48.9 Å². The number of ether oxygens (including phenoxy) is 1. The third kappa shape index (κ3) is 3.91. The van der Waals surface area contributed by atoms with Crippen molar-refractivity contribution in [2.75, 3.05) is 5.73 Å². The number of amides is 1. The topological polar surface area (TPSA) is 131 Å². The summed E-state index contributed by atoms with van der Waals surface area (Å²) in [6, 6.07) is 12.2. The smallest absolute Gasteiger partial charge is 0.254 e. The van der Waals surface area contributed by atoms with E-state index in [2.05, 4.69) is 26.0 Å². The van der Waals surface area contributed by atoms with Crippen LogP contribution in [0.4, 0.5) is 5.82 Å². The van der Waals surface area contributed by atoms with E-state index in [1.807, 2.05) is 13.0 Å². The molecule has 5 rings (SSSR count). The first-order chi connectivity index (χ1) is 16.5. The lowest BCUT2D eigenvalue weighted by Gasteiger charge is -2.28. The molecule has 2 N–H and O–H groups in total. The Kier molecular flexibility index (Phi) is 5.57. The van der Waals surface area contributed by atoms with Crippen molar-refractivity contribution in [2.24, 2.45) is 0 Å². The summed E-state index contributed by atoms with van der Waals surface area (Å²) in [6.45, 7) is 2.96. The first kappa shape index (κ1) is 21.4. The molecule has 1 aliphatic heterocycles. The molecule has 1 atom stereocenters. The summed E-state index contributed by atoms with van der Waals surface area (Å²) in [5.74, 6) is 0.786. The number of rotatable bonds is 5. The Morgan fingerprint density at radius 2 is 1.97 bits per heavy atom. The number of anilines is 1. The molecule has 1 unspecified atom stereocenters. The van der Waals surface area contributed by atoms with E-state index in [4.69, 9.17) is 15.7 Å². The molecular weight excluding hydrogens is 430 g/mol. The number of aromatic nitrogens is 4. The third-order valence-electron chi connectivity index (χ3n) is 5.95. The van der Waals surface area contributed by atoms with Crippen molar-refractivity contribution in [3.8, 4) is 6.07 Å². The summed E-state index contributed by atoms with van der Waals surface area (Å²) in [6.07, 6.45) is 4.80. The Morgan fingerprint density at radius 3 is 2.71 bits per heavy atom. The van der Waals surface area contributed by atoms with E-state index < -0.39 is 6.04 Å². The van der Waals surface area contributed by atoms with E-state index in [-0.39, 0.29) is 12.5 Å². The molecule has 0 saturated heterocycles. The lowest BCUT2D eigenvalue weighted by molar-refractivity contribution is 0.0663. The highest BCUT2D eigenvalue weighted by Gasteiger charge is 2.27. The van der Waals surface area contributed by atoms with Crippen molar-refractivity contribution in [3.05, 3.63) is 88.8 Å². The molecule has 1 amide bonds. The zero-order chi connectivity index (χ0) is 23.7. The number of pyridine rings is 2. The van der Waals surface area contributed by atoms with Gasteiger partial charge in [0.25, 0.3) is 5.91 Å². The van der Waals surface area contributed by atoms with E-state index in [9.17, 15) is 4.79 Å². The summed E-state index contributed by atoms with van der Waals surface area (Å²) in [7, 11) is 0. The number of nitrogens with zero attached hydrogens (tertiary/aromatic N) is 6. The van der Waals surface area contributed by atoms with Crippen molar-refractivity contribution >= 4 is 22.6 Å². The van der Waals surface area contributed by atoms with Gasteiger partial charge in [-0.1, -0.05) is 0 Å². The Labute approximate surface area is 195 Å². The van der Waals surface area contributed by atoms with Gasteiger partial charge in [0.1, 0.15) is 17.7 Å². The lowest BCUT2D eigenvalue weighted by Crippen LogP contribution is -2.34. The van der Waals surface area contributed by atoms with Crippen molar-refractivity contribution in [3.63, 3.8) is 0 Å². The average Bonchev–Trinajstić information content (AvgIpc) is 3.38. The maximum absolute atomic E-state index is 13.8. The van der Waals surface area contributed by atoms with Gasteiger partial charge in [0.15, 0.2) is 0 Å². The molecule has 3 aromatic heterocycles. The van der Waals surface area contributed by atoms with Crippen LogP contribution in [0.25, 0.3) is 10.9 Å². The highest BCUT2D eigenvalue weighted by molar-refractivity contribution is 5.99. The quantitative estimate of drug-likeness (QED) is 0.489. The maximum atomic E-state index is 13.8. The van der Waals surface area contributed by atoms with Gasteiger partial charge in [0.05, 0.1) is 42.6 Å². The highest BCUT2D eigenvalue weighted by Crippen LogP contribution is 2.32. The molecule has 0 fully saturated rings. The van der Waals surface area contributed by atoms with Crippen LogP contribution < -0.4 is 5.73 Å². The van der Waals surface area contributed by atoms with Crippen molar-refractivity contribution in [1.82, 2.24) is 24.8 Å². The summed E-state index contributed by atoms with van der Waals surface area (Å²) in [4.78, 5) is 33.0. The van der Waals surface area contributed by atoms with Crippen molar-refractivity contribution in [2.45, 2.75) is 32.7 Å². The molecule has 168 valence electrons. The van der Waals surface area contributed by atoms with Gasteiger partial charge in [-0.3, -0.25) is 9.78 Å². The first-order valence-corrected chi connectivity index (χ1v) is 10.8. The van der Waals surface area contributed by atoms with Crippen LogP contribution in [-0.2, 0) is 24.5 Å². The SMILES string of the molecule is CC(c1ncccn1)N(Cc1ccc(C#N)cn1)C(=O)c1ccc2nc(N)c3c(c2c1)COC3. The number of hydrogen-bond donors (Lipinski definition) is 1. The minimum absolute atomic E-state index is 0.197. The van der Waals surface area contributed by atoms with Crippen LogP contribution in [0.2, 0.25) is 0 Å². The number of hydrogen-bond acceptors (Lipinski definition) is 8. The summed E-state index contributed by atoms with van der Waals surface area (Å²) in [5, 5.41) is 9.92. The second-order valence-electron chi connectivity index (χ2n) is 8.04. The summed E-state index contributed by atoms with van der Waals surface area (Å²) in [5.41, 5.74) is 10.3. The van der Waals surface area contributed by atoms with Crippen LogP contribution in [0.15, 0.2) is 55.0 Å². The monoisotopic (exact) mass is 451 g/mol. The van der Waals surface area contributed by atoms with Crippen LogP contribution in [0.1, 0.15) is 51.5 Å². The number of carbonyl (C=O) groups is 1. The summed E-state index contributed by atoms with van der Waals surface area (Å²) >= 11 is 0. The normalized spacial score (nSPS) is 13.3. The van der Waals surface area contributed by atoms with Crippen molar-refractivity contribution < 1.29 is 9.53 Å². The van der Waals surface area contributed by atoms with Gasteiger partial charge < -0.3 is 15.4 Å². The molecule has 34 heavy (non-hydrogen) atoms. The Bertz CT molecular complexity index is 1420. The van der Waals surface area contributed by atoms with Gasteiger partial charge in [0.2, 0.25) is 0 Å². The number of carbonyl (C=O) groups excluding carboxylic acids is 1. The minimum Gasteiger partial charge on any atom is -0.383 e. The van der Waals surface area contributed by atoms with Gasteiger partial charge in [-0.2, -0.15) is 5.26 Å². The maximum Gasteiger partial charge on any atom is 0.254 e. The second-order valence-corrected chi connectivity index (χ2v) is 8.04. The van der Waals surface area contributed by atoms with Gasteiger partial charge >= 0.3 is 0 Å². The predicted octanol–water partition coefficient (Wildman–Crippen LogP) is 3.31. The zero-order valence-electron chi connectivity index (χ0n) is 18.5. The average molecular weight is 451 g/mol. The second kappa shape index (κ2) is 8.84. The standard InChI is InChI=1S/C25H21N7O2/c1-15(24-28-7-2-8-29-24)32(12-18-5-3-16(10-26)11-30-18)25(33)17-4-6-22-19(9-17)20-13-34-14-21(20)23(27)31-22/h2-9,11,15H,12-14H2,1H3,(H2,27,31). The molecule has 0 spiro atoms. The predicted molar refractivity (Wildman–Crippen MR) is 124 cm³/mol. The molecule has 9 heteroatoms.